The average molecular weight is 198 g/mol. The van der Waals surface area contributed by atoms with Gasteiger partial charge in [0.1, 0.15) is 16.7 Å². The molecule has 0 aliphatic rings. The molecule has 0 bridgehead atoms. The first-order valence-electron chi connectivity index (χ1n) is 3.53. The van der Waals surface area contributed by atoms with E-state index < -0.39 is 10.1 Å². The van der Waals surface area contributed by atoms with Crippen LogP contribution in [0.15, 0.2) is 39.8 Å². The summed E-state index contributed by atoms with van der Waals surface area (Å²) < 4.78 is 35.3. The van der Waals surface area contributed by atoms with Crippen LogP contribution in [0, 0.1) is 0 Å². The number of furan rings is 1. The Bertz CT molecular complexity index is 538. The normalized spacial score (nSPS) is 12.1. The van der Waals surface area contributed by atoms with Crippen molar-refractivity contribution in [2.45, 2.75) is 4.90 Å². The summed E-state index contributed by atoms with van der Waals surface area (Å²) in [6.45, 7) is 0. The molecule has 1 heterocycles. The van der Waals surface area contributed by atoms with Crippen molar-refractivity contribution in [3.8, 4) is 0 Å². The zero-order valence-electron chi connectivity index (χ0n) is 6.47. The molecule has 0 saturated carbocycles. The summed E-state index contributed by atoms with van der Waals surface area (Å²) in [6.07, 6.45) is 1.03. The van der Waals surface area contributed by atoms with Crippen molar-refractivity contribution in [1.29, 1.82) is 0 Å². The van der Waals surface area contributed by atoms with Crippen molar-refractivity contribution < 1.29 is 17.4 Å². The Kier molecular flexibility index (Phi) is 1.64. The number of para-hydroxylation sites is 1. The summed E-state index contributed by atoms with van der Waals surface area (Å²) in [5.41, 5.74) is 0.440. The van der Waals surface area contributed by atoms with Crippen molar-refractivity contribution >= 4 is 21.1 Å². The van der Waals surface area contributed by atoms with Crippen LogP contribution in [0.2, 0.25) is 0 Å². The van der Waals surface area contributed by atoms with Gasteiger partial charge in [-0.25, -0.2) is 0 Å². The predicted octanol–water partition coefficient (Wildman–Crippen LogP) is 1.68. The summed E-state index contributed by atoms with van der Waals surface area (Å²) in [7, 11) is -4.18. The molecule has 0 saturated heterocycles. The van der Waals surface area contributed by atoms with E-state index >= 15 is 0 Å². The van der Waals surface area contributed by atoms with Gasteiger partial charge in [0, 0.05) is 5.39 Å². The fraction of sp³-hybridized carbons (Fsp3) is 0. The molecule has 1 aromatic heterocycles. The topological polar surface area (TPSA) is 67.5 Å². The maximum absolute atomic E-state index is 10.8. The fourth-order valence-electron chi connectivity index (χ4n) is 1.15. The second-order valence-electron chi connectivity index (χ2n) is 2.57. The monoisotopic (exact) mass is 198 g/mol. The molecule has 0 aliphatic heterocycles. The van der Waals surface area contributed by atoms with Crippen LogP contribution in [-0.4, -0.2) is 13.0 Å². The zero-order chi connectivity index (χ0) is 9.47. The molecule has 2 rings (SSSR count). The molecule has 0 radical (unpaired) electrons. The molecule has 0 spiro atoms. The first-order chi connectivity index (χ1) is 6.09. The van der Waals surface area contributed by atoms with E-state index in [9.17, 15) is 8.42 Å². The molecule has 0 fully saturated rings. The van der Waals surface area contributed by atoms with Crippen molar-refractivity contribution in [2.24, 2.45) is 0 Å². The Morgan fingerprint density at radius 2 is 1.92 bits per heavy atom. The van der Waals surface area contributed by atoms with Gasteiger partial charge < -0.3 is 4.42 Å². The standard InChI is InChI=1S/C8H6O4S/c9-13(10,11)8-5-12-7-4-2-1-3-6(7)8/h1-5H,(H,9,10,11). The largest absolute Gasteiger partial charge is 0.463 e. The van der Waals surface area contributed by atoms with Gasteiger partial charge in [0.05, 0.1) is 0 Å². The Morgan fingerprint density at radius 1 is 1.23 bits per heavy atom. The number of hydrogen-bond acceptors (Lipinski definition) is 3. The van der Waals surface area contributed by atoms with Crippen LogP contribution in [0.25, 0.3) is 11.0 Å². The van der Waals surface area contributed by atoms with E-state index in [1.807, 2.05) is 0 Å². The molecule has 1 N–H and O–H groups in total. The number of rotatable bonds is 1. The van der Waals surface area contributed by atoms with Crippen molar-refractivity contribution in [2.75, 3.05) is 0 Å². The van der Waals surface area contributed by atoms with Gasteiger partial charge in [0.2, 0.25) is 0 Å². The van der Waals surface area contributed by atoms with Gasteiger partial charge in [0.25, 0.3) is 10.1 Å². The summed E-state index contributed by atoms with van der Waals surface area (Å²) in [4.78, 5) is -0.192. The van der Waals surface area contributed by atoms with Gasteiger partial charge in [0.15, 0.2) is 0 Å². The highest BCUT2D eigenvalue weighted by atomic mass is 32.2. The third-order valence-electron chi connectivity index (χ3n) is 1.72. The van der Waals surface area contributed by atoms with Crippen LogP contribution in [0.4, 0.5) is 0 Å². The molecule has 0 aliphatic carbocycles. The lowest BCUT2D eigenvalue weighted by atomic mass is 10.3. The second kappa shape index (κ2) is 2.58. The highest BCUT2D eigenvalue weighted by molar-refractivity contribution is 7.86. The molecule has 0 atom stereocenters. The Morgan fingerprint density at radius 3 is 2.62 bits per heavy atom. The lowest BCUT2D eigenvalue weighted by Gasteiger charge is -1.90. The lowest BCUT2D eigenvalue weighted by molar-refractivity contribution is 0.481. The molecule has 1 aromatic carbocycles. The first kappa shape index (κ1) is 8.28. The maximum Gasteiger partial charge on any atom is 0.298 e. The summed E-state index contributed by atoms with van der Waals surface area (Å²) >= 11 is 0. The number of fused-ring (bicyclic) bond motifs is 1. The molecular weight excluding hydrogens is 192 g/mol. The van der Waals surface area contributed by atoms with Crippen LogP contribution < -0.4 is 0 Å². The minimum atomic E-state index is -4.18. The van der Waals surface area contributed by atoms with Crippen molar-refractivity contribution in [1.82, 2.24) is 0 Å². The van der Waals surface area contributed by atoms with Gasteiger partial charge in [-0.3, -0.25) is 4.55 Å². The lowest BCUT2D eigenvalue weighted by Crippen LogP contribution is -1.95. The summed E-state index contributed by atoms with van der Waals surface area (Å²) in [5.74, 6) is 0. The van der Waals surface area contributed by atoms with E-state index in [-0.39, 0.29) is 4.90 Å². The van der Waals surface area contributed by atoms with Gasteiger partial charge in [-0.2, -0.15) is 8.42 Å². The molecule has 68 valence electrons. The van der Waals surface area contributed by atoms with Crippen LogP contribution in [0.1, 0.15) is 0 Å². The first-order valence-corrected chi connectivity index (χ1v) is 4.97. The second-order valence-corrected chi connectivity index (χ2v) is 3.96. The molecule has 2 aromatic rings. The maximum atomic E-state index is 10.8. The quantitative estimate of drug-likeness (QED) is 0.708. The molecular formula is C8H6O4S. The zero-order valence-corrected chi connectivity index (χ0v) is 7.28. The van der Waals surface area contributed by atoms with Gasteiger partial charge in [-0.1, -0.05) is 12.1 Å². The number of benzene rings is 1. The number of hydrogen-bond donors (Lipinski definition) is 1. The Labute approximate surface area is 74.5 Å². The smallest absolute Gasteiger partial charge is 0.298 e. The van der Waals surface area contributed by atoms with Gasteiger partial charge in [-0.05, 0) is 12.1 Å². The molecule has 4 nitrogen and oxygen atoms in total. The fourth-order valence-corrected chi connectivity index (χ4v) is 1.77. The van der Waals surface area contributed by atoms with Crippen LogP contribution in [-0.2, 0) is 10.1 Å². The van der Waals surface area contributed by atoms with E-state index in [0.717, 1.165) is 6.26 Å². The minimum Gasteiger partial charge on any atom is -0.463 e. The van der Waals surface area contributed by atoms with Gasteiger partial charge >= 0.3 is 0 Å². The van der Waals surface area contributed by atoms with E-state index in [2.05, 4.69) is 0 Å². The van der Waals surface area contributed by atoms with Crippen LogP contribution >= 0.6 is 0 Å². The SMILES string of the molecule is O=S(=O)(O)c1coc2ccccc12. The highest BCUT2D eigenvalue weighted by Crippen LogP contribution is 2.24. The van der Waals surface area contributed by atoms with Crippen LogP contribution in [0.5, 0.6) is 0 Å². The van der Waals surface area contributed by atoms with Crippen LogP contribution in [0.3, 0.4) is 0 Å². The van der Waals surface area contributed by atoms with Crippen molar-refractivity contribution in [3.63, 3.8) is 0 Å². The summed E-state index contributed by atoms with van der Waals surface area (Å²) in [5, 5.41) is 0.394. The molecule has 5 heteroatoms. The van der Waals surface area contributed by atoms with E-state index in [4.69, 9.17) is 8.97 Å². The predicted molar refractivity (Wildman–Crippen MR) is 46.0 cm³/mol. The van der Waals surface area contributed by atoms with Gasteiger partial charge in [-0.15, -0.1) is 0 Å². The minimum absolute atomic E-state index is 0.192. The Balaban J connectivity index is 2.87. The molecule has 0 unspecified atom stereocenters. The molecule has 0 amide bonds. The molecule has 13 heavy (non-hydrogen) atoms. The highest BCUT2D eigenvalue weighted by Gasteiger charge is 2.16. The average Bonchev–Trinajstić information content (AvgIpc) is 2.45. The summed E-state index contributed by atoms with van der Waals surface area (Å²) in [6, 6.07) is 6.60. The Hall–Kier alpha value is -1.33. The third kappa shape index (κ3) is 1.32. The van der Waals surface area contributed by atoms with Crippen molar-refractivity contribution in [3.05, 3.63) is 30.5 Å². The van der Waals surface area contributed by atoms with E-state index in [0.29, 0.717) is 11.0 Å². The van der Waals surface area contributed by atoms with E-state index in [1.54, 1.807) is 24.3 Å². The van der Waals surface area contributed by atoms with E-state index in [1.165, 1.54) is 0 Å². The third-order valence-corrected chi connectivity index (χ3v) is 2.60.